The molecule has 0 saturated carbocycles. The number of pyridine rings is 1. The Morgan fingerprint density at radius 2 is 1.97 bits per heavy atom. The van der Waals surface area contributed by atoms with E-state index in [2.05, 4.69) is 11.1 Å². The van der Waals surface area contributed by atoms with Crippen molar-refractivity contribution in [1.82, 2.24) is 9.66 Å². The molecule has 30 heavy (non-hydrogen) atoms. The summed E-state index contributed by atoms with van der Waals surface area (Å²) in [5.74, 6) is 1.48. The fourth-order valence-corrected chi connectivity index (χ4v) is 4.40. The number of rotatable bonds is 6. The Labute approximate surface area is 182 Å². The highest BCUT2D eigenvalue weighted by Gasteiger charge is 2.15. The molecule has 0 spiro atoms. The van der Waals surface area contributed by atoms with Gasteiger partial charge in [-0.05, 0) is 48.7 Å². The van der Waals surface area contributed by atoms with Crippen molar-refractivity contribution in [3.63, 3.8) is 0 Å². The lowest BCUT2D eigenvalue weighted by molar-refractivity contribution is 0.404. The molecule has 3 heterocycles. The van der Waals surface area contributed by atoms with Crippen LogP contribution in [0.3, 0.4) is 0 Å². The molecule has 1 aromatic carbocycles. The van der Waals surface area contributed by atoms with E-state index in [0.717, 1.165) is 43.8 Å². The second kappa shape index (κ2) is 9.06. The molecule has 0 amide bonds. The molecule has 0 aliphatic carbocycles. The van der Waals surface area contributed by atoms with Crippen molar-refractivity contribution < 1.29 is 9.47 Å². The Kier molecular flexibility index (Phi) is 6.06. The lowest BCUT2D eigenvalue weighted by Crippen LogP contribution is -2.13. The van der Waals surface area contributed by atoms with Crippen molar-refractivity contribution in [1.29, 1.82) is 0 Å². The summed E-state index contributed by atoms with van der Waals surface area (Å²) in [6.45, 7) is 2.00. The second-order valence-electron chi connectivity index (χ2n) is 6.27. The normalized spacial score (nSPS) is 12.2. The third-order valence-corrected chi connectivity index (χ3v) is 6.16. The van der Waals surface area contributed by atoms with Crippen molar-refractivity contribution >= 4 is 34.1 Å². The van der Waals surface area contributed by atoms with Gasteiger partial charge in [0.05, 0.1) is 42.4 Å². The molecule has 6 nitrogen and oxygen atoms in total. The molecule has 152 valence electrons. The first-order chi connectivity index (χ1) is 14.7. The van der Waals surface area contributed by atoms with Crippen molar-refractivity contribution in [2.24, 2.45) is 10.1 Å². The molecular formula is C22H20N4O2S2. The van der Waals surface area contributed by atoms with Gasteiger partial charge in [0, 0.05) is 17.1 Å². The lowest BCUT2D eigenvalue weighted by Gasteiger charge is -2.11. The first-order valence-electron chi connectivity index (χ1n) is 9.16. The Bertz CT molecular complexity index is 1230. The maximum atomic E-state index is 5.61. The first kappa shape index (κ1) is 20.1. The average Bonchev–Trinajstić information content (AvgIpc) is 3.45. The molecule has 8 heteroatoms. The van der Waals surface area contributed by atoms with Gasteiger partial charge >= 0.3 is 0 Å². The molecule has 0 radical (unpaired) electrons. The summed E-state index contributed by atoms with van der Waals surface area (Å²) in [6.07, 6.45) is 3.46. The number of ether oxygens (including phenoxy) is 2. The zero-order valence-corrected chi connectivity index (χ0v) is 18.4. The minimum Gasteiger partial charge on any atom is -0.497 e. The topological polar surface area (TPSA) is 61.0 Å². The number of aromatic nitrogens is 2. The predicted octanol–water partition coefficient (Wildman–Crippen LogP) is 5.20. The monoisotopic (exact) mass is 436 g/mol. The van der Waals surface area contributed by atoms with Gasteiger partial charge in [0.1, 0.15) is 11.5 Å². The van der Waals surface area contributed by atoms with Crippen LogP contribution < -0.4 is 14.3 Å². The lowest BCUT2D eigenvalue weighted by atomic mass is 10.1. The number of hydrogen-bond donors (Lipinski definition) is 0. The van der Waals surface area contributed by atoms with Gasteiger partial charge in [-0.3, -0.25) is 4.98 Å². The number of benzene rings is 1. The number of nitrogens with zero attached hydrogens (tertiary/aromatic N) is 4. The largest absolute Gasteiger partial charge is 0.497 e. The summed E-state index contributed by atoms with van der Waals surface area (Å²) in [7, 11) is 3.30. The van der Waals surface area contributed by atoms with Gasteiger partial charge in [-0.1, -0.05) is 6.07 Å². The highest BCUT2D eigenvalue weighted by Crippen LogP contribution is 2.34. The van der Waals surface area contributed by atoms with E-state index in [1.807, 2.05) is 58.8 Å². The summed E-state index contributed by atoms with van der Waals surface area (Å²) < 4.78 is 12.9. The Hall–Kier alpha value is -3.23. The highest BCUT2D eigenvalue weighted by atomic mass is 32.1. The number of thiazole rings is 1. The Morgan fingerprint density at radius 3 is 2.67 bits per heavy atom. The van der Waals surface area contributed by atoms with Crippen LogP contribution in [-0.4, -0.2) is 29.6 Å². The van der Waals surface area contributed by atoms with Crippen molar-refractivity contribution in [2.75, 3.05) is 14.2 Å². The molecule has 0 aliphatic heterocycles. The molecule has 0 N–H and O–H groups in total. The molecule has 0 fully saturated rings. The number of thiophene rings is 1. The zero-order valence-electron chi connectivity index (χ0n) is 16.8. The third-order valence-electron chi connectivity index (χ3n) is 4.37. The molecule has 0 unspecified atom stereocenters. The molecule has 0 bridgehead atoms. The second-order valence-corrected chi connectivity index (χ2v) is 8.05. The molecule has 4 rings (SSSR count). The summed E-state index contributed by atoms with van der Waals surface area (Å²) in [6, 6.07) is 13.6. The van der Waals surface area contributed by atoms with Crippen LogP contribution in [0.5, 0.6) is 11.5 Å². The van der Waals surface area contributed by atoms with Gasteiger partial charge in [-0.15, -0.1) is 22.7 Å². The van der Waals surface area contributed by atoms with E-state index >= 15 is 0 Å². The van der Waals surface area contributed by atoms with Gasteiger partial charge in [0.2, 0.25) is 4.80 Å². The number of hydrogen-bond acceptors (Lipinski definition) is 7. The SMILES string of the molecule is COc1ccc(OC)c(-c2csc(=Nc3cccnc3)n2N=C(C)c2cccs2)c1. The fraction of sp³-hybridized carbons (Fsp3) is 0.136. The first-order valence-corrected chi connectivity index (χ1v) is 10.9. The van der Waals surface area contributed by atoms with Crippen LogP contribution in [0.25, 0.3) is 11.3 Å². The van der Waals surface area contributed by atoms with Crippen LogP contribution in [0.2, 0.25) is 0 Å². The summed E-state index contributed by atoms with van der Waals surface area (Å²) in [4.78, 5) is 10.8. The third kappa shape index (κ3) is 4.19. The molecule has 3 aromatic heterocycles. The van der Waals surface area contributed by atoms with E-state index in [1.54, 1.807) is 38.0 Å². The highest BCUT2D eigenvalue weighted by molar-refractivity contribution is 7.12. The van der Waals surface area contributed by atoms with Crippen LogP contribution >= 0.6 is 22.7 Å². The minimum atomic E-state index is 0.735. The van der Waals surface area contributed by atoms with Gasteiger partial charge in [-0.2, -0.15) is 5.10 Å². The van der Waals surface area contributed by atoms with E-state index in [0.29, 0.717) is 0 Å². The average molecular weight is 437 g/mol. The standard InChI is InChI=1S/C22H20N4O2S2/c1-15(21-7-5-11-29-21)25-26-19(18-12-17(27-2)8-9-20(18)28-3)14-30-22(26)24-16-6-4-10-23-13-16/h4-14H,1-3H3. The maximum absolute atomic E-state index is 5.61. The van der Waals surface area contributed by atoms with Crippen LogP contribution in [0.4, 0.5) is 5.69 Å². The maximum Gasteiger partial charge on any atom is 0.211 e. The molecular weight excluding hydrogens is 416 g/mol. The predicted molar refractivity (Wildman–Crippen MR) is 122 cm³/mol. The van der Waals surface area contributed by atoms with Crippen LogP contribution in [0, 0.1) is 0 Å². The minimum absolute atomic E-state index is 0.735. The van der Waals surface area contributed by atoms with Crippen molar-refractivity contribution in [3.8, 4) is 22.8 Å². The Balaban J connectivity index is 1.95. The fourth-order valence-electron chi connectivity index (χ4n) is 2.89. The van der Waals surface area contributed by atoms with Gasteiger partial charge in [0.25, 0.3) is 0 Å². The zero-order chi connectivity index (χ0) is 20.9. The molecule has 0 atom stereocenters. The summed E-state index contributed by atoms with van der Waals surface area (Å²) in [5.41, 5.74) is 3.41. The summed E-state index contributed by atoms with van der Waals surface area (Å²) in [5, 5.41) is 8.98. The molecule has 0 aliphatic rings. The van der Waals surface area contributed by atoms with Gasteiger partial charge < -0.3 is 9.47 Å². The van der Waals surface area contributed by atoms with E-state index in [4.69, 9.17) is 19.6 Å². The molecule has 0 saturated heterocycles. The van der Waals surface area contributed by atoms with Crippen LogP contribution in [0.15, 0.2) is 75.7 Å². The van der Waals surface area contributed by atoms with Crippen LogP contribution in [0.1, 0.15) is 11.8 Å². The van der Waals surface area contributed by atoms with Crippen molar-refractivity contribution in [2.45, 2.75) is 6.92 Å². The van der Waals surface area contributed by atoms with Gasteiger partial charge in [0.15, 0.2) is 0 Å². The van der Waals surface area contributed by atoms with E-state index < -0.39 is 0 Å². The number of methoxy groups -OCH3 is 2. The van der Waals surface area contributed by atoms with Crippen molar-refractivity contribution in [3.05, 3.63) is 75.3 Å². The van der Waals surface area contributed by atoms with E-state index in [1.165, 1.54) is 11.3 Å². The van der Waals surface area contributed by atoms with Gasteiger partial charge in [-0.25, -0.2) is 9.67 Å². The Morgan fingerprint density at radius 1 is 1.07 bits per heavy atom. The molecule has 4 aromatic rings. The smallest absolute Gasteiger partial charge is 0.211 e. The summed E-state index contributed by atoms with van der Waals surface area (Å²) >= 11 is 3.16. The quantitative estimate of drug-likeness (QED) is 0.391. The van der Waals surface area contributed by atoms with E-state index in [-0.39, 0.29) is 0 Å². The van der Waals surface area contributed by atoms with Crippen LogP contribution in [-0.2, 0) is 0 Å². The van der Waals surface area contributed by atoms with E-state index in [9.17, 15) is 0 Å².